The number of aliphatic imine (C=N–C) groups is 1. The molecule has 0 saturated heterocycles. The molecule has 144 valence electrons. The van der Waals surface area contributed by atoms with Crippen molar-refractivity contribution in [2.75, 3.05) is 5.32 Å². The standard InChI is InChI=1S/C21H22N4O3/c1-4-25-11-14(13(3)24-25)17-10-18(20-19(26)9-12(2)28-21(20)27)23-16-8-6-5-7-15(16)22-17/h5-9,11,17,22,26H,4,10H2,1-3H3/t17-/m1/s1. The Kier molecular flexibility index (Phi) is 4.50. The summed E-state index contributed by atoms with van der Waals surface area (Å²) in [7, 11) is 0. The molecule has 2 N–H and O–H groups in total. The van der Waals surface area contributed by atoms with Gasteiger partial charge in [-0.15, -0.1) is 0 Å². The Labute approximate surface area is 162 Å². The van der Waals surface area contributed by atoms with Crippen molar-refractivity contribution >= 4 is 17.1 Å². The Morgan fingerprint density at radius 2 is 2.11 bits per heavy atom. The van der Waals surface area contributed by atoms with Gasteiger partial charge in [0.25, 0.3) is 0 Å². The van der Waals surface area contributed by atoms with E-state index in [0.29, 0.717) is 23.6 Å². The average molecular weight is 378 g/mol. The van der Waals surface area contributed by atoms with Crippen LogP contribution in [-0.2, 0) is 6.54 Å². The molecular weight excluding hydrogens is 356 g/mol. The van der Waals surface area contributed by atoms with E-state index in [1.54, 1.807) is 6.92 Å². The van der Waals surface area contributed by atoms with Gasteiger partial charge in [0, 0.05) is 30.8 Å². The smallest absolute Gasteiger partial charge is 0.348 e. The van der Waals surface area contributed by atoms with Crippen molar-refractivity contribution in [3.8, 4) is 5.75 Å². The van der Waals surface area contributed by atoms with Crippen molar-refractivity contribution < 1.29 is 9.52 Å². The second-order valence-corrected chi connectivity index (χ2v) is 6.91. The fraction of sp³-hybridized carbons (Fsp3) is 0.286. The van der Waals surface area contributed by atoms with E-state index in [9.17, 15) is 9.90 Å². The first-order chi connectivity index (χ1) is 13.5. The number of nitrogens with one attached hydrogen (secondary N) is 1. The Morgan fingerprint density at radius 1 is 1.32 bits per heavy atom. The lowest BCUT2D eigenvalue weighted by Crippen LogP contribution is -2.20. The molecule has 1 atom stereocenters. The Balaban J connectivity index is 1.87. The molecule has 0 radical (unpaired) electrons. The Morgan fingerprint density at radius 3 is 2.82 bits per heavy atom. The van der Waals surface area contributed by atoms with Crippen LogP contribution in [0.5, 0.6) is 5.75 Å². The maximum atomic E-state index is 12.5. The van der Waals surface area contributed by atoms with Crippen LogP contribution in [-0.4, -0.2) is 20.6 Å². The van der Waals surface area contributed by atoms with Gasteiger partial charge in [0.2, 0.25) is 0 Å². The molecular formula is C21H22N4O3. The van der Waals surface area contributed by atoms with Gasteiger partial charge in [0.1, 0.15) is 17.1 Å². The quantitative estimate of drug-likeness (QED) is 0.722. The topological polar surface area (TPSA) is 92.6 Å². The van der Waals surface area contributed by atoms with Gasteiger partial charge in [-0.3, -0.25) is 9.67 Å². The molecule has 0 bridgehead atoms. The van der Waals surface area contributed by atoms with Gasteiger partial charge in [0.15, 0.2) is 0 Å². The van der Waals surface area contributed by atoms with Gasteiger partial charge in [-0.25, -0.2) is 4.79 Å². The summed E-state index contributed by atoms with van der Waals surface area (Å²) < 4.78 is 7.11. The van der Waals surface area contributed by atoms with Crippen molar-refractivity contribution in [1.82, 2.24) is 9.78 Å². The minimum atomic E-state index is -0.588. The lowest BCUT2D eigenvalue weighted by Gasteiger charge is -2.18. The molecule has 0 unspecified atom stereocenters. The molecule has 3 aromatic rings. The minimum Gasteiger partial charge on any atom is -0.507 e. The van der Waals surface area contributed by atoms with Crippen LogP contribution in [0, 0.1) is 13.8 Å². The van der Waals surface area contributed by atoms with E-state index < -0.39 is 5.63 Å². The zero-order chi connectivity index (χ0) is 19.8. The summed E-state index contributed by atoms with van der Waals surface area (Å²) in [6.07, 6.45) is 2.42. The predicted molar refractivity (Wildman–Crippen MR) is 108 cm³/mol. The van der Waals surface area contributed by atoms with Crippen molar-refractivity contribution in [3.05, 3.63) is 69.5 Å². The lowest BCUT2D eigenvalue weighted by atomic mass is 9.98. The van der Waals surface area contributed by atoms with Gasteiger partial charge in [0.05, 0.1) is 28.8 Å². The number of nitrogens with zero attached hydrogens (tertiary/aromatic N) is 3. The number of aryl methyl sites for hydroxylation is 3. The van der Waals surface area contributed by atoms with Crippen LogP contribution in [0.15, 0.2) is 50.7 Å². The number of fused-ring (bicyclic) bond motifs is 1. The SMILES string of the molecule is CCn1cc([C@H]2CC(c3c(O)cc(C)oc3=O)=Nc3ccccc3N2)c(C)n1. The second-order valence-electron chi connectivity index (χ2n) is 6.91. The zero-order valence-electron chi connectivity index (χ0n) is 16.1. The third kappa shape index (κ3) is 3.19. The maximum absolute atomic E-state index is 12.5. The molecule has 0 fully saturated rings. The molecule has 0 aliphatic carbocycles. The number of para-hydroxylation sites is 2. The molecule has 28 heavy (non-hydrogen) atoms. The minimum absolute atomic E-state index is 0.106. The molecule has 0 saturated carbocycles. The van der Waals surface area contributed by atoms with E-state index in [2.05, 4.69) is 10.4 Å². The summed E-state index contributed by atoms with van der Waals surface area (Å²) in [5.74, 6) is 0.238. The molecule has 4 rings (SSSR count). The number of anilines is 1. The van der Waals surface area contributed by atoms with E-state index in [1.165, 1.54) is 6.07 Å². The maximum Gasteiger partial charge on any atom is 0.348 e. The Hall–Kier alpha value is -3.35. The van der Waals surface area contributed by atoms with Crippen LogP contribution < -0.4 is 10.9 Å². The first kappa shape index (κ1) is 18.0. The van der Waals surface area contributed by atoms with Crippen molar-refractivity contribution in [3.63, 3.8) is 0 Å². The van der Waals surface area contributed by atoms with Crippen molar-refractivity contribution in [1.29, 1.82) is 0 Å². The van der Waals surface area contributed by atoms with Crippen LogP contribution in [0.2, 0.25) is 0 Å². The van der Waals surface area contributed by atoms with Crippen LogP contribution in [0.4, 0.5) is 11.4 Å². The highest BCUT2D eigenvalue weighted by Gasteiger charge is 2.27. The van der Waals surface area contributed by atoms with E-state index in [0.717, 1.165) is 23.5 Å². The lowest BCUT2D eigenvalue weighted by molar-refractivity contribution is 0.432. The number of aromatic nitrogens is 2. The fourth-order valence-corrected chi connectivity index (χ4v) is 3.56. The second kappa shape index (κ2) is 6.99. The highest BCUT2D eigenvalue weighted by atomic mass is 16.4. The first-order valence-corrected chi connectivity index (χ1v) is 9.27. The highest BCUT2D eigenvalue weighted by Crippen LogP contribution is 2.36. The molecule has 1 aromatic carbocycles. The number of hydrogen-bond acceptors (Lipinski definition) is 6. The molecule has 7 nitrogen and oxygen atoms in total. The molecule has 7 heteroatoms. The van der Waals surface area contributed by atoms with E-state index in [1.807, 2.05) is 49.0 Å². The van der Waals surface area contributed by atoms with Crippen molar-refractivity contribution in [2.24, 2.45) is 4.99 Å². The average Bonchev–Trinajstić information content (AvgIpc) is 2.91. The molecule has 1 aliphatic rings. The first-order valence-electron chi connectivity index (χ1n) is 9.27. The summed E-state index contributed by atoms with van der Waals surface area (Å²) in [5.41, 5.74) is 3.52. The molecule has 0 spiro atoms. The van der Waals surface area contributed by atoms with Gasteiger partial charge in [-0.2, -0.15) is 5.10 Å². The third-order valence-corrected chi connectivity index (χ3v) is 4.91. The van der Waals surface area contributed by atoms with Gasteiger partial charge < -0.3 is 14.8 Å². The predicted octanol–water partition coefficient (Wildman–Crippen LogP) is 3.86. The third-order valence-electron chi connectivity index (χ3n) is 4.91. The van der Waals surface area contributed by atoms with Crippen LogP contribution >= 0.6 is 0 Å². The zero-order valence-corrected chi connectivity index (χ0v) is 16.1. The number of rotatable bonds is 3. The molecule has 2 aromatic heterocycles. The number of hydrogen-bond donors (Lipinski definition) is 2. The fourth-order valence-electron chi connectivity index (χ4n) is 3.56. The highest BCUT2D eigenvalue weighted by molar-refractivity contribution is 6.05. The summed E-state index contributed by atoms with van der Waals surface area (Å²) in [6, 6.07) is 8.94. The summed E-state index contributed by atoms with van der Waals surface area (Å²) >= 11 is 0. The number of aromatic hydroxyl groups is 1. The monoisotopic (exact) mass is 378 g/mol. The molecule has 3 heterocycles. The van der Waals surface area contributed by atoms with Crippen molar-refractivity contribution in [2.45, 2.75) is 39.8 Å². The van der Waals surface area contributed by atoms with E-state index in [4.69, 9.17) is 9.41 Å². The van der Waals surface area contributed by atoms with Gasteiger partial charge in [-0.1, -0.05) is 12.1 Å². The summed E-state index contributed by atoms with van der Waals surface area (Å²) in [5, 5.41) is 18.5. The van der Waals surface area contributed by atoms with E-state index >= 15 is 0 Å². The largest absolute Gasteiger partial charge is 0.507 e. The summed E-state index contributed by atoms with van der Waals surface area (Å²) in [4.78, 5) is 17.2. The Bertz CT molecular complexity index is 1130. The molecule has 1 aliphatic heterocycles. The van der Waals surface area contributed by atoms with Crippen LogP contribution in [0.1, 0.15) is 42.0 Å². The van der Waals surface area contributed by atoms with Gasteiger partial charge in [-0.05, 0) is 32.9 Å². The van der Waals surface area contributed by atoms with Crippen LogP contribution in [0.25, 0.3) is 0 Å². The normalized spacial score (nSPS) is 16.1. The van der Waals surface area contributed by atoms with Gasteiger partial charge >= 0.3 is 5.63 Å². The number of benzene rings is 1. The van der Waals surface area contributed by atoms with E-state index in [-0.39, 0.29) is 17.4 Å². The summed E-state index contributed by atoms with van der Waals surface area (Å²) in [6.45, 7) is 6.40. The molecule has 0 amide bonds. The van der Waals surface area contributed by atoms with Crippen LogP contribution in [0.3, 0.4) is 0 Å².